The maximum Gasteiger partial charge on any atom is 0.265 e. The number of likely N-dealkylation sites (tertiary alicyclic amines) is 1. The second-order valence-corrected chi connectivity index (χ2v) is 7.76. The van der Waals surface area contributed by atoms with Crippen LogP contribution >= 0.6 is 0 Å². The van der Waals surface area contributed by atoms with Gasteiger partial charge in [-0.3, -0.25) is 19.3 Å². The summed E-state index contributed by atoms with van der Waals surface area (Å²) in [6.45, 7) is 3.04. The molecule has 1 aromatic carbocycles. The van der Waals surface area contributed by atoms with E-state index in [2.05, 4.69) is 6.07 Å². The molecular weight excluding hydrogens is 360 g/mol. The predicted octanol–water partition coefficient (Wildman–Crippen LogP) is 0.637. The zero-order chi connectivity index (χ0) is 19.7. The van der Waals surface area contributed by atoms with Gasteiger partial charge in [0.15, 0.2) is 0 Å². The Morgan fingerprint density at radius 2 is 2.07 bits per heavy atom. The van der Waals surface area contributed by atoms with E-state index in [4.69, 9.17) is 14.8 Å². The highest BCUT2D eigenvalue weighted by molar-refractivity contribution is 5.95. The molecule has 28 heavy (non-hydrogen) atoms. The zero-order valence-electron chi connectivity index (χ0n) is 16.0. The molecule has 4 rings (SSSR count). The van der Waals surface area contributed by atoms with Crippen LogP contribution in [0.3, 0.4) is 0 Å². The molecule has 2 amide bonds. The standard InChI is InChI=1S/C20H24N4O4/c1-22-12-20(27-11-17(22)19(26)24-7-2-3-8-28-24)13-23(14-20)18(25)16-6-4-5-15(9-16)10-21/h4-6,9,17H,2-3,7-8,11-14H2,1H3/t17-/m0/s1. The second kappa shape index (κ2) is 7.51. The summed E-state index contributed by atoms with van der Waals surface area (Å²) in [4.78, 5) is 34.5. The molecule has 8 nitrogen and oxygen atoms in total. The van der Waals surface area contributed by atoms with Crippen LogP contribution in [-0.4, -0.2) is 84.8 Å². The van der Waals surface area contributed by atoms with Gasteiger partial charge in [0.05, 0.1) is 37.9 Å². The number of carbonyl (C=O) groups excluding carboxylic acids is 2. The Bertz CT molecular complexity index is 809. The first-order valence-electron chi connectivity index (χ1n) is 9.59. The number of ether oxygens (including phenoxy) is 1. The van der Waals surface area contributed by atoms with Crippen molar-refractivity contribution in [1.29, 1.82) is 5.26 Å². The van der Waals surface area contributed by atoms with Gasteiger partial charge in [-0.1, -0.05) is 6.07 Å². The Kier molecular flexibility index (Phi) is 5.06. The number of morpholine rings is 1. The number of hydroxylamine groups is 2. The molecule has 3 heterocycles. The molecule has 3 aliphatic rings. The van der Waals surface area contributed by atoms with Gasteiger partial charge < -0.3 is 9.64 Å². The summed E-state index contributed by atoms with van der Waals surface area (Å²) < 4.78 is 6.07. The Balaban J connectivity index is 1.34. The van der Waals surface area contributed by atoms with E-state index in [0.29, 0.717) is 50.5 Å². The zero-order valence-corrected chi connectivity index (χ0v) is 16.0. The average Bonchev–Trinajstić information content (AvgIpc) is 2.71. The molecule has 1 aromatic rings. The fourth-order valence-electron chi connectivity index (χ4n) is 4.08. The van der Waals surface area contributed by atoms with Crippen LogP contribution in [0, 0.1) is 11.3 Å². The Labute approximate surface area is 164 Å². The molecule has 0 saturated carbocycles. The van der Waals surface area contributed by atoms with Gasteiger partial charge in [0.2, 0.25) is 0 Å². The summed E-state index contributed by atoms with van der Waals surface area (Å²) in [5.74, 6) is -0.161. The SMILES string of the molecule is CN1CC2(CN(C(=O)c3cccc(C#N)c3)C2)OC[C@H]1C(=O)N1CCCCO1. The molecule has 3 aliphatic heterocycles. The normalized spacial score (nSPS) is 24.5. The lowest BCUT2D eigenvalue weighted by atomic mass is 9.89. The fraction of sp³-hybridized carbons (Fsp3) is 0.550. The van der Waals surface area contributed by atoms with Crippen LogP contribution in [0.15, 0.2) is 24.3 Å². The summed E-state index contributed by atoms with van der Waals surface area (Å²) in [6, 6.07) is 8.41. The van der Waals surface area contributed by atoms with E-state index in [1.807, 2.05) is 11.9 Å². The van der Waals surface area contributed by atoms with Crippen LogP contribution in [-0.2, 0) is 14.4 Å². The monoisotopic (exact) mass is 384 g/mol. The summed E-state index contributed by atoms with van der Waals surface area (Å²) in [6.07, 6.45) is 1.93. The number of hydrogen-bond acceptors (Lipinski definition) is 6. The first kappa shape index (κ1) is 18.9. The minimum atomic E-state index is -0.434. The van der Waals surface area contributed by atoms with Gasteiger partial charge in [0.25, 0.3) is 11.8 Å². The predicted molar refractivity (Wildman–Crippen MR) is 99.1 cm³/mol. The third kappa shape index (κ3) is 3.49. The van der Waals surface area contributed by atoms with Crippen molar-refractivity contribution in [3.63, 3.8) is 0 Å². The van der Waals surface area contributed by atoms with Gasteiger partial charge in [-0.2, -0.15) is 5.26 Å². The van der Waals surface area contributed by atoms with Gasteiger partial charge in [0.1, 0.15) is 11.6 Å². The smallest absolute Gasteiger partial charge is 0.265 e. The van der Waals surface area contributed by atoms with Crippen LogP contribution in [0.2, 0.25) is 0 Å². The Morgan fingerprint density at radius 3 is 2.75 bits per heavy atom. The van der Waals surface area contributed by atoms with E-state index in [0.717, 1.165) is 12.8 Å². The van der Waals surface area contributed by atoms with E-state index in [-0.39, 0.29) is 17.9 Å². The number of rotatable bonds is 2. The van der Waals surface area contributed by atoms with Crippen molar-refractivity contribution in [1.82, 2.24) is 14.9 Å². The molecule has 3 saturated heterocycles. The lowest BCUT2D eigenvalue weighted by Gasteiger charge is -2.55. The van der Waals surface area contributed by atoms with Gasteiger partial charge >= 0.3 is 0 Å². The highest BCUT2D eigenvalue weighted by Crippen LogP contribution is 2.32. The summed E-state index contributed by atoms with van der Waals surface area (Å²) >= 11 is 0. The number of nitriles is 1. The summed E-state index contributed by atoms with van der Waals surface area (Å²) in [7, 11) is 1.91. The fourth-order valence-corrected chi connectivity index (χ4v) is 4.08. The Morgan fingerprint density at radius 1 is 1.25 bits per heavy atom. The number of carbonyl (C=O) groups is 2. The average molecular weight is 384 g/mol. The number of nitrogens with zero attached hydrogens (tertiary/aromatic N) is 4. The molecular formula is C20H24N4O4. The van der Waals surface area contributed by atoms with E-state index in [1.165, 1.54) is 5.06 Å². The molecule has 0 radical (unpaired) electrons. The number of amides is 2. The van der Waals surface area contributed by atoms with Crippen LogP contribution < -0.4 is 0 Å². The molecule has 1 atom stereocenters. The largest absolute Gasteiger partial charge is 0.368 e. The van der Waals surface area contributed by atoms with Crippen molar-refractivity contribution in [3.05, 3.63) is 35.4 Å². The molecule has 8 heteroatoms. The van der Waals surface area contributed by atoms with Crippen molar-refractivity contribution in [3.8, 4) is 6.07 Å². The number of hydrogen-bond donors (Lipinski definition) is 0. The maximum absolute atomic E-state index is 12.7. The molecule has 0 N–H and O–H groups in total. The summed E-state index contributed by atoms with van der Waals surface area (Å²) in [5.41, 5.74) is 0.543. The van der Waals surface area contributed by atoms with Gasteiger partial charge in [0, 0.05) is 18.7 Å². The van der Waals surface area contributed by atoms with Crippen molar-refractivity contribution in [2.75, 3.05) is 46.4 Å². The van der Waals surface area contributed by atoms with Crippen molar-refractivity contribution in [2.24, 2.45) is 0 Å². The van der Waals surface area contributed by atoms with Crippen molar-refractivity contribution in [2.45, 2.75) is 24.5 Å². The minimum absolute atomic E-state index is 0.0578. The van der Waals surface area contributed by atoms with Crippen LogP contribution in [0.5, 0.6) is 0 Å². The first-order valence-corrected chi connectivity index (χ1v) is 9.59. The van der Waals surface area contributed by atoms with E-state index >= 15 is 0 Å². The molecule has 0 unspecified atom stereocenters. The third-order valence-corrected chi connectivity index (χ3v) is 5.63. The highest BCUT2D eigenvalue weighted by Gasteiger charge is 2.51. The van der Waals surface area contributed by atoms with Crippen molar-refractivity contribution < 1.29 is 19.2 Å². The maximum atomic E-state index is 12.7. The molecule has 3 fully saturated rings. The van der Waals surface area contributed by atoms with Crippen LogP contribution in [0.4, 0.5) is 0 Å². The lowest BCUT2D eigenvalue weighted by Crippen LogP contribution is -2.73. The minimum Gasteiger partial charge on any atom is -0.368 e. The second-order valence-electron chi connectivity index (χ2n) is 7.76. The molecule has 0 aliphatic carbocycles. The molecule has 0 bridgehead atoms. The van der Waals surface area contributed by atoms with Gasteiger partial charge in [-0.25, -0.2) is 5.06 Å². The number of likely N-dealkylation sites (N-methyl/N-ethyl adjacent to an activating group) is 1. The van der Waals surface area contributed by atoms with E-state index in [1.54, 1.807) is 29.2 Å². The lowest BCUT2D eigenvalue weighted by molar-refractivity contribution is -0.220. The first-order chi connectivity index (χ1) is 13.5. The van der Waals surface area contributed by atoms with Gasteiger partial charge in [-0.15, -0.1) is 0 Å². The number of benzene rings is 1. The van der Waals surface area contributed by atoms with E-state index < -0.39 is 5.60 Å². The van der Waals surface area contributed by atoms with E-state index in [9.17, 15) is 9.59 Å². The highest BCUT2D eigenvalue weighted by atomic mass is 16.7. The van der Waals surface area contributed by atoms with Crippen LogP contribution in [0.1, 0.15) is 28.8 Å². The molecule has 1 spiro atoms. The topological polar surface area (TPSA) is 86.1 Å². The van der Waals surface area contributed by atoms with Crippen LogP contribution in [0.25, 0.3) is 0 Å². The molecule has 148 valence electrons. The third-order valence-electron chi connectivity index (χ3n) is 5.63. The quantitative estimate of drug-likeness (QED) is 0.744. The molecule has 0 aromatic heterocycles. The van der Waals surface area contributed by atoms with Gasteiger partial charge in [-0.05, 0) is 38.1 Å². The van der Waals surface area contributed by atoms with Crippen molar-refractivity contribution >= 4 is 11.8 Å². The Hall–Kier alpha value is -2.47. The summed E-state index contributed by atoms with van der Waals surface area (Å²) in [5, 5.41) is 10.5.